The highest BCUT2D eigenvalue weighted by molar-refractivity contribution is 9.10. The normalized spacial score (nSPS) is 16.6. The van der Waals surface area contributed by atoms with Gasteiger partial charge in [0, 0.05) is 50.9 Å². The van der Waals surface area contributed by atoms with E-state index in [1.54, 1.807) is 7.11 Å². The molecule has 0 atom stereocenters. The van der Waals surface area contributed by atoms with Crippen molar-refractivity contribution in [1.82, 2.24) is 15.1 Å². The van der Waals surface area contributed by atoms with Crippen molar-refractivity contribution in [2.75, 3.05) is 53.0 Å². The van der Waals surface area contributed by atoms with E-state index in [2.05, 4.69) is 55.3 Å². The minimum absolute atomic E-state index is 0.0819. The van der Waals surface area contributed by atoms with Gasteiger partial charge in [-0.15, -0.1) is 0 Å². The summed E-state index contributed by atoms with van der Waals surface area (Å²) < 4.78 is 6.03. The van der Waals surface area contributed by atoms with Crippen LogP contribution in [-0.2, 0) is 16.1 Å². The van der Waals surface area contributed by atoms with E-state index in [1.165, 1.54) is 5.56 Å². The van der Waals surface area contributed by atoms with Crippen molar-refractivity contribution < 1.29 is 9.53 Å². The summed E-state index contributed by atoms with van der Waals surface area (Å²) in [5, 5.41) is 2.86. The minimum Gasteiger partial charge on any atom is -0.383 e. The second kappa shape index (κ2) is 9.25. The van der Waals surface area contributed by atoms with Gasteiger partial charge in [0.15, 0.2) is 0 Å². The van der Waals surface area contributed by atoms with E-state index < -0.39 is 0 Å². The fraction of sp³-hybridized carbons (Fsp3) is 0.562. The number of benzene rings is 1. The quantitative estimate of drug-likeness (QED) is 0.736. The van der Waals surface area contributed by atoms with Gasteiger partial charge < -0.3 is 10.1 Å². The number of nitrogens with zero attached hydrogens (tertiary/aromatic N) is 2. The highest BCUT2D eigenvalue weighted by atomic mass is 79.9. The first kappa shape index (κ1) is 17.4. The number of ether oxygens (including phenoxy) is 1. The third kappa shape index (κ3) is 6.04. The Balaban J connectivity index is 1.67. The first-order valence-corrected chi connectivity index (χ1v) is 8.41. The van der Waals surface area contributed by atoms with Crippen LogP contribution in [0.4, 0.5) is 0 Å². The number of methoxy groups -OCH3 is 1. The Hall–Kier alpha value is -0.950. The molecule has 6 heteroatoms. The smallest absolute Gasteiger partial charge is 0.234 e. The van der Waals surface area contributed by atoms with Crippen molar-refractivity contribution in [2.24, 2.45) is 0 Å². The maximum atomic E-state index is 11.8. The molecule has 2 rings (SSSR count). The summed E-state index contributed by atoms with van der Waals surface area (Å²) in [4.78, 5) is 16.4. The predicted molar refractivity (Wildman–Crippen MR) is 90.7 cm³/mol. The van der Waals surface area contributed by atoms with Gasteiger partial charge in [0.1, 0.15) is 0 Å². The molecule has 122 valence electrons. The number of hydrogen-bond donors (Lipinski definition) is 1. The van der Waals surface area contributed by atoms with E-state index in [4.69, 9.17) is 4.74 Å². The second-order valence-electron chi connectivity index (χ2n) is 5.52. The molecule has 1 aromatic carbocycles. The average molecular weight is 370 g/mol. The highest BCUT2D eigenvalue weighted by Gasteiger charge is 2.18. The Labute approximate surface area is 140 Å². The average Bonchev–Trinajstić information content (AvgIpc) is 2.52. The Morgan fingerprint density at radius 3 is 2.45 bits per heavy atom. The van der Waals surface area contributed by atoms with Gasteiger partial charge in [0.25, 0.3) is 0 Å². The topological polar surface area (TPSA) is 44.8 Å². The summed E-state index contributed by atoms with van der Waals surface area (Å²) in [7, 11) is 1.64. The summed E-state index contributed by atoms with van der Waals surface area (Å²) in [6.07, 6.45) is 0. The van der Waals surface area contributed by atoms with Crippen LogP contribution in [0, 0.1) is 0 Å². The lowest BCUT2D eigenvalue weighted by Gasteiger charge is -2.34. The molecule has 0 spiro atoms. The number of halogens is 1. The van der Waals surface area contributed by atoms with Gasteiger partial charge in [-0.2, -0.15) is 0 Å². The molecule has 1 aromatic rings. The molecule has 1 fully saturated rings. The number of rotatable bonds is 7. The zero-order valence-electron chi connectivity index (χ0n) is 13.1. The van der Waals surface area contributed by atoms with Crippen LogP contribution in [-0.4, -0.2) is 68.7 Å². The van der Waals surface area contributed by atoms with Crippen LogP contribution in [0.3, 0.4) is 0 Å². The lowest BCUT2D eigenvalue weighted by Crippen LogP contribution is -2.49. The molecule has 1 heterocycles. The maximum Gasteiger partial charge on any atom is 0.234 e. The van der Waals surface area contributed by atoms with Crippen LogP contribution >= 0.6 is 15.9 Å². The van der Waals surface area contributed by atoms with E-state index in [9.17, 15) is 4.79 Å². The molecular formula is C16H24BrN3O2. The van der Waals surface area contributed by atoms with Crippen LogP contribution in [0.25, 0.3) is 0 Å². The summed E-state index contributed by atoms with van der Waals surface area (Å²) >= 11 is 3.46. The fourth-order valence-electron chi connectivity index (χ4n) is 2.51. The first-order chi connectivity index (χ1) is 10.7. The van der Waals surface area contributed by atoms with Crippen LogP contribution in [0.2, 0.25) is 0 Å². The lowest BCUT2D eigenvalue weighted by molar-refractivity contribution is -0.122. The highest BCUT2D eigenvalue weighted by Crippen LogP contribution is 2.13. The number of carbonyl (C=O) groups is 1. The molecular weight excluding hydrogens is 346 g/mol. The molecule has 5 nitrogen and oxygen atoms in total. The molecule has 0 unspecified atom stereocenters. The van der Waals surface area contributed by atoms with Gasteiger partial charge in [-0.25, -0.2) is 0 Å². The largest absolute Gasteiger partial charge is 0.383 e. The van der Waals surface area contributed by atoms with Crippen molar-refractivity contribution in [3.8, 4) is 0 Å². The van der Waals surface area contributed by atoms with Crippen molar-refractivity contribution >= 4 is 21.8 Å². The summed E-state index contributed by atoms with van der Waals surface area (Å²) in [6.45, 7) is 6.48. The molecule has 1 aliphatic rings. The predicted octanol–water partition coefficient (Wildman–Crippen LogP) is 1.33. The molecule has 0 saturated carbocycles. The van der Waals surface area contributed by atoms with Gasteiger partial charge in [-0.1, -0.05) is 28.1 Å². The Morgan fingerprint density at radius 1 is 1.18 bits per heavy atom. The van der Waals surface area contributed by atoms with E-state index in [0.717, 1.165) is 37.2 Å². The molecule has 1 aliphatic heterocycles. The summed E-state index contributed by atoms with van der Waals surface area (Å²) in [5.41, 5.74) is 1.33. The van der Waals surface area contributed by atoms with E-state index in [-0.39, 0.29) is 5.91 Å². The van der Waals surface area contributed by atoms with Crippen molar-refractivity contribution in [1.29, 1.82) is 0 Å². The molecule has 0 radical (unpaired) electrons. The number of nitrogens with one attached hydrogen (secondary N) is 1. The van der Waals surface area contributed by atoms with E-state index in [0.29, 0.717) is 19.7 Å². The second-order valence-corrected chi connectivity index (χ2v) is 6.44. The van der Waals surface area contributed by atoms with Crippen LogP contribution < -0.4 is 5.32 Å². The monoisotopic (exact) mass is 369 g/mol. The van der Waals surface area contributed by atoms with Gasteiger partial charge in [-0.3, -0.25) is 14.6 Å². The SMILES string of the molecule is COCCNC(=O)CN1CCN(Cc2ccc(Br)cc2)CC1. The van der Waals surface area contributed by atoms with E-state index in [1.807, 2.05) is 0 Å². The molecule has 0 bridgehead atoms. The molecule has 0 aromatic heterocycles. The zero-order chi connectivity index (χ0) is 15.8. The first-order valence-electron chi connectivity index (χ1n) is 7.62. The maximum absolute atomic E-state index is 11.8. The number of piperazine rings is 1. The van der Waals surface area contributed by atoms with Crippen molar-refractivity contribution in [2.45, 2.75) is 6.54 Å². The van der Waals surface area contributed by atoms with Gasteiger partial charge in [0.05, 0.1) is 13.2 Å². The minimum atomic E-state index is 0.0819. The molecule has 1 amide bonds. The van der Waals surface area contributed by atoms with Gasteiger partial charge >= 0.3 is 0 Å². The third-order valence-corrected chi connectivity index (χ3v) is 4.31. The van der Waals surface area contributed by atoms with E-state index >= 15 is 0 Å². The van der Waals surface area contributed by atoms with Gasteiger partial charge in [-0.05, 0) is 17.7 Å². The van der Waals surface area contributed by atoms with Crippen LogP contribution in [0.15, 0.2) is 28.7 Å². The number of hydrogen-bond acceptors (Lipinski definition) is 4. The van der Waals surface area contributed by atoms with Gasteiger partial charge in [0.2, 0.25) is 5.91 Å². The summed E-state index contributed by atoms with van der Waals surface area (Å²) in [6, 6.07) is 8.46. The van der Waals surface area contributed by atoms with Crippen molar-refractivity contribution in [3.63, 3.8) is 0 Å². The Bertz CT molecular complexity index is 459. The standard InChI is InChI=1S/C16H24BrN3O2/c1-22-11-6-18-16(21)13-20-9-7-19(8-10-20)12-14-2-4-15(17)5-3-14/h2-5H,6-13H2,1H3,(H,18,21). The molecule has 22 heavy (non-hydrogen) atoms. The summed E-state index contributed by atoms with van der Waals surface area (Å²) in [5.74, 6) is 0.0819. The molecule has 1 saturated heterocycles. The third-order valence-electron chi connectivity index (χ3n) is 3.78. The van der Waals surface area contributed by atoms with Crippen LogP contribution in [0.5, 0.6) is 0 Å². The molecule has 1 N–H and O–H groups in total. The lowest BCUT2D eigenvalue weighted by atomic mass is 10.2. The Morgan fingerprint density at radius 2 is 1.82 bits per heavy atom. The van der Waals surface area contributed by atoms with Crippen LogP contribution in [0.1, 0.15) is 5.56 Å². The Kier molecular flexibility index (Phi) is 7.32. The number of amides is 1. The number of carbonyl (C=O) groups excluding carboxylic acids is 1. The molecule has 0 aliphatic carbocycles. The van der Waals surface area contributed by atoms with Crippen molar-refractivity contribution in [3.05, 3.63) is 34.3 Å². The fourth-order valence-corrected chi connectivity index (χ4v) is 2.77. The zero-order valence-corrected chi connectivity index (χ0v) is 14.6.